The van der Waals surface area contributed by atoms with Crippen LogP contribution in [0.25, 0.3) is 0 Å². The van der Waals surface area contributed by atoms with Gasteiger partial charge in [0.05, 0.1) is 0 Å². The predicted molar refractivity (Wildman–Crippen MR) is 203 cm³/mol. The van der Waals surface area contributed by atoms with Crippen molar-refractivity contribution in [3.05, 3.63) is 0 Å². The Labute approximate surface area is 296 Å². The molecule has 0 aliphatic rings. The van der Waals surface area contributed by atoms with Crippen LogP contribution in [0.15, 0.2) is 0 Å². The largest absolute Gasteiger partial charge is 0.490 e. The molecule has 0 saturated heterocycles. The van der Waals surface area contributed by atoms with E-state index < -0.39 is 23.5 Å². The average Bonchev–Trinajstić information content (AvgIpc) is 3.01. The Morgan fingerprint density at radius 1 is 0.312 bits per heavy atom. The van der Waals surface area contributed by atoms with Crippen molar-refractivity contribution >= 4 is 23.5 Å². The van der Waals surface area contributed by atoms with Crippen LogP contribution in [0.4, 0.5) is 0 Å². The molecular weight excluding hydrogens is 683 g/mol. The smallest absolute Gasteiger partial charge is 0.304 e. The molecule has 0 aliphatic carbocycles. The first-order valence-electron chi connectivity index (χ1n) is 17.6. The first kappa shape index (κ1) is 60.3. The summed E-state index contributed by atoms with van der Waals surface area (Å²) in [6, 6.07) is 0. The molecule has 0 saturated carbocycles. The molecule has 0 aromatic rings. The van der Waals surface area contributed by atoms with Crippen molar-refractivity contribution in [3.8, 4) is 0 Å². The summed E-state index contributed by atoms with van der Waals surface area (Å²) < 4.78 is 36.4. The highest BCUT2D eigenvalue weighted by molar-refractivity contribution is 7.66. The Bertz CT molecular complexity index is 634. The fraction of sp³-hybridized carbons (Fsp3) is 1.00. The van der Waals surface area contributed by atoms with Gasteiger partial charge in [0.1, 0.15) is 0 Å². The van der Waals surface area contributed by atoms with E-state index in [0.717, 1.165) is 0 Å². The van der Waals surface area contributed by atoms with Crippen LogP contribution in [0, 0.1) is 0 Å². The third kappa shape index (κ3) is 53.0. The van der Waals surface area contributed by atoms with Gasteiger partial charge in [0.15, 0.2) is 0 Å². The molecule has 0 amide bonds. The summed E-state index contributed by atoms with van der Waals surface area (Å²) in [7, 11) is -16.2. The summed E-state index contributed by atoms with van der Waals surface area (Å²) in [6.45, 7) is 50.6. The maximum Gasteiger partial charge on any atom is 0.490 e. The molecule has 0 unspecified atom stereocenters. The first-order valence-corrected chi connectivity index (χ1v) is 22.2. The van der Waals surface area contributed by atoms with Crippen molar-refractivity contribution < 1.29 is 46.8 Å². The molecule has 0 atom stereocenters. The van der Waals surface area contributed by atoms with Crippen molar-refractivity contribution in [1.82, 2.24) is 24.5 Å². The van der Waals surface area contributed by atoms with Crippen LogP contribution in [-0.4, -0.2) is 147 Å². The fourth-order valence-electron chi connectivity index (χ4n) is 3.64. The second-order valence-corrected chi connectivity index (χ2v) is 13.9. The highest BCUT2D eigenvalue weighted by Gasteiger charge is 2.38. The summed E-state index contributed by atoms with van der Waals surface area (Å²) in [5.41, 5.74) is 0. The number of rotatable bonds is 19. The number of nitrogens with zero attached hydrogens (tertiary/aromatic N) is 5. The van der Waals surface area contributed by atoms with E-state index in [9.17, 15) is 13.7 Å². The van der Waals surface area contributed by atoms with Gasteiger partial charge in [-0.3, -0.25) is 0 Å². The average molecular weight is 764 g/mol. The summed E-state index contributed by atoms with van der Waals surface area (Å²) in [5.74, 6) is 0. The van der Waals surface area contributed by atoms with E-state index >= 15 is 0 Å². The molecule has 0 rings (SSSR count). The van der Waals surface area contributed by atoms with E-state index in [0.29, 0.717) is 0 Å². The maximum atomic E-state index is 10.4. The van der Waals surface area contributed by atoms with Crippen molar-refractivity contribution in [2.75, 3.05) is 98.2 Å². The van der Waals surface area contributed by atoms with Crippen LogP contribution in [0.3, 0.4) is 0 Å². The van der Waals surface area contributed by atoms with Crippen molar-refractivity contribution in [2.24, 2.45) is 0 Å². The second kappa shape index (κ2) is 40.0. The maximum absolute atomic E-state index is 10.4. The van der Waals surface area contributed by atoms with Gasteiger partial charge >= 0.3 is 23.5 Å². The van der Waals surface area contributed by atoms with Gasteiger partial charge < -0.3 is 49.0 Å². The van der Waals surface area contributed by atoms with Gasteiger partial charge in [0, 0.05) is 0 Å². The van der Waals surface area contributed by atoms with Crippen molar-refractivity contribution in [3.63, 3.8) is 0 Å². The van der Waals surface area contributed by atoms with Gasteiger partial charge in [-0.05, 0) is 98.2 Å². The van der Waals surface area contributed by atoms with E-state index in [1.54, 1.807) is 0 Å². The molecule has 0 aromatic carbocycles. The molecule has 0 radical (unpaired) electrons. The molecule has 0 bridgehead atoms. The van der Waals surface area contributed by atoms with Gasteiger partial charge in [-0.15, -0.1) is 0 Å². The lowest BCUT2D eigenvalue weighted by Gasteiger charge is -2.13. The van der Waals surface area contributed by atoms with Gasteiger partial charge in [0.2, 0.25) is 0 Å². The Balaban J connectivity index is -0.000000113. The summed E-state index contributed by atoms with van der Waals surface area (Å²) in [5, 5.41) is 0. The zero-order valence-corrected chi connectivity index (χ0v) is 36.1. The number of hydrogen-bond acceptors (Lipinski definition) is 10. The summed E-state index contributed by atoms with van der Waals surface area (Å²) >= 11 is 0. The third-order valence-corrected chi connectivity index (χ3v) is 10.5. The normalized spacial score (nSPS) is 11.4. The lowest BCUT2D eigenvalue weighted by atomic mass is 10.5. The minimum absolute atomic E-state index is 1.19. The van der Waals surface area contributed by atoms with Crippen LogP contribution in [0.2, 0.25) is 0 Å². The first-order chi connectivity index (χ1) is 22.1. The third-order valence-electron chi connectivity index (χ3n) is 7.13. The van der Waals surface area contributed by atoms with Gasteiger partial charge in [0.25, 0.3) is 0 Å². The standard InChI is InChI=1S/5C6H15N.H5O10P3/c5*1-4-7(5-2)6-3;1-11(2,3)9-13(7,8)10-12(4,5)6/h5*4-6H2,1-3H3;(H,7,8)(H2,1,2,3)(H2,4,5,6). The van der Waals surface area contributed by atoms with Crippen LogP contribution in [0.5, 0.6) is 0 Å². The Kier molecular flexibility index (Phi) is 50.2. The van der Waals surface area contributed by atoms with Crippen LogP contribution in [0.1, 0.15) is 104 Å². The highest BCUT2D eigenvalue weighted by Crippen LogP contribution is 2.64. The van der Waals surface area contributed by atoms with Gasteiger partial charge in [-0.1, -0.05) is 104 Å². The molecule has 300 valence electrons. The summed E-state index contributed by atoms with van der Waals surface area (Å²) in [4.78, 5) is 52.1. The molecule has 0 fully saturated rings. The SMILES string of the molecule is CCN(CC)CC.CCN(CC)CC.CCN(CC)CC.CCN(CC)CC.CCN(CC)CC.O=P(O)(O)OP(=O)(O)OP(=O)(O)O. The molecular formula is C30H80N5O10P3. The minimum Gasteiger partial charge on any atom is -0.304 e. The monoisotopic (exact) mass is 764 g/mol. The Hall–Kier alpha value is 0.210. The Morgan fingerprint density at radius 2 is 0.417 bits per heavy atom. The van der Waals surface area contributed by atoms with E-state index in [4.69, 9.17) is 24.5 Å². The highest BCUT2D eigenvalue weighted by atomic mass is 31.3. The van der Waals surface area contributed by atoms with E-state index in [2.05, 4.69) is 137 Å². The van der Waals surface area contributed by atoms with Crippen LogP contribution >= 0.6 is 23.5 Å². The molecule has 0 spiro atoms. The van der Waals surface area contributed by atoms with Gasteiger partial charge in [-0.25, -0.2) is 13.7 Å². The van der Waals surface area contributed by atoms with Crippen LogP contribution < -0.4 is 0 Å². The zero-order chi connectivity index (χ0) is 39.4. The van der Waals surface area contributed by atoms with Crippen molar-refractivity contribution in [1.29, 1.82) is 0 Å². The quantitative estimate of drug-likeness (QED) is 0.0957. The molecule has 0 aromatic heterocycles. The number of hydrogen-bond donors (Lipinski definition) is 5. The molecule has 18 heteroatoms. The molecule has 15 nitrogen and oxygen atoms in total. The molecule has 0 aliphatic heterocycles. The number of phosphoric acid groups is 3. The van der Waals surface area contributed by atoms with Crippen LogP contribution in [-0.2, 0) is 22.3 Å². The lowest BCUT2D eigenvalue weighted by molar-refractivity contribution is 0.204. The van der Waals surface area contributed by atoms with E-state index in [-0.39, 0.29) is 0 Å². The second-order valence-electron chi connectivity index (χ2n) is 9.71. The lowest BCUT2D eigenvalue weighted by Crippen LogP contribution is -2.21. The zero-order valence-electron chi connectivity index (χ0n) is 33.5. The van der Waals surface area contributed by atoms with Crippen molar-refractivity contribution in [2.45, 2.75) is 104 Å². The molecule has 5 N–H and O–H groups in total. The predicted octanol–water partition coefficient (Wildman–Crippen LogP) is 6.05. The molecule has 48 heavy (non-hydrogen) atoms. The van der Waals surface area contributed by atoms with E-state index in [1.165, 1.54) is 98.2 Å². The minimum atomic E-state index is -5.46. The fourth-order valence-corrected chi connectivity index (χ4v) is 6.18. The molecule has 0 heterocycles. The summed E-state index contributed by atoms with van der Waals surface area (Å²) in [6.07, 6.45) is 0. The topological polar surface area (TPSA) is 187 Å². The van der Waals surface area contributed by atoms with E-state index in [1.807, 2.05) is 0 Å². The Morgan fingerprint density at radius 3 is 0.458 bits per heavy atom. The van der Waals surface area contributed by atoms with Gasteiger partial charge in [-0.2, -0.15) is 8.62 Å².